The van der Waals surface area contributed by atoms with Crippen molar-refractivity contribution >= 4 is 28.5 Å². The summed E-state index contributed by atoms with van der Waals surface area (Å²) in [5, 5.41) is 3.57. The number of aromatic nitrogens is 3. The van der Waals surface area contributed by atoms with Crippen LogP contribution in [0.1, 0.15) is 41.7 Å². The molecule has 0 radical (unpaired) electrons. The molecule has 28 heavy (non-hydrogen) atoms. The molecular weight excluding hydrogens is 376 g/mol. The lowest BCUT2D eigenvalue weighted by Gasteiger charge is -2.29. The number of imidazole rings is 1. The van der Waals surface area contributed by atoms with Crippen molar-refractivity contribution in [1.29, 1.82) is 0 Å². The Bertz CT molecular complexity index is 1060. The lowest BCUT2D eigenvalue weighted by Crippen LogP contribution is -2.38. The summed E-state index contributed by atoms with van der Waals surface area (Å²) in [6.45, 7) is 2.52. The maximum atomic E-state index is 12.6. The summed E-state index contributed by atoms with van der Waals surface area (Å²) >= 11 is 5.97. The SMILES string of the molecule is Cc1ncc(Cl)cc1C(=O)NC1CCC(Cn2c(=O)[nH]c3ccccc32)CC1. The van der Waals surface area contributed by atoms with Crippen molar-refractivity contribution in [2.45, 2.75) is 45.2 Å². The molecule has 0 bridgehead atoms. The van der Waals surface area contributed by atoms with Crippen molar-refractivity contribution < 1.29 is 4.79 Å². The third-order valence-electron chi connectivity index (χ3n) is 5.60. The number of rotatable bonds is 4. The van der Waals surface area contributed by atoms with Crippen LogP contribution in [0.3, 0.4) is 0 Å². The number of para-hydroxylation sites is 2. The van der Waals surface area contributed by atoms with Crippen LogP contribution < -0.4 is 11.0 Å². The number of carbonyl (C=O) groups is 1. The van der Waals surface area contributed by atoms with Crippen LogP contribution in [0.2, 0.25) is 5.02 Å². The number of aromatic amines is 1. The number of amides is 1. The Morgan fingerprint density at radius 1 is 1.29 bits per heavy atom. The quantitative estimate of drug-likeness (QED) is 0.703. The maximum absolute atomic E-state index is 12.6. The molecule has 1 aromatic carbocycles. The van der Waals surface area contributed by atoms with Gasteiger partial charge in [0, 0.05) is 18.8 Å². The predicted octanol–water partition coefficient (Wildman–Crippen LogP) is 3.68. The first-order valence-corrected chi connectivity index (χ1v) is 9.99. The van der Waals surface area contributed by atoms with E-state index in [1.807, 2.05) is 28.8 Å². The monoisotopic (exact) mass is 398 g/mol. The number of benzene rings is 1. The Labute approximate surface area is 167 Å². The summed E-state index contributed by atoms with van der Waals surface area (Å²) in [4.78, 5) is 31.9. The van der Waals surface area contributed by atoms with Gasteiger partial charge in [-0.2, -0.15) is 0 Å². The normalized spacial score (nSPS) is 19.6. The van der Waals surface area contributed by atoms with Crippen LogP contribution in [0.25, 0.3) is 11.0 Å². The fourth-order valence-corrected chi connectivity index (χ4v) is 4.19. The van der Waals surface area contributed by atoms with Crippen LogP contribution in [-0.2, 0) is 6.54 Å². The molecule has 0 spiro atoms. The number of pyridine rings is 1. The van der Waals surface area contributed by atoms with Crippen molar-refractivity contribution in [3.05, 3.63) is 63.3 Å². The van der Waals surface area contributed by atoms with Gasteiger partial charge in [-0.15, -0.1) is 0 Å². The molecule has 146 valence electrons. The molecule has 1 amide bonds. The Morgan fingerprint density at radius 2 is 2.04 bits per heavy atom. The van der Waals surface area contributed by atoms with Gasteiger partial charge in [-0.3, -0.25) is 14.3 Å². The zero-order chi connectivity index (χ0) is 19.7. The van der Waals surface area contributed by atoms with E-state index in [0.717, 1.165) is 36.7 Å². The Kier molecular flexibility index (Phi) is 5.22. The van der Waals surface area contributed by atoms with E-state index in [1.165, 1.54) is 0 Å². The molecule has 7 heteroatoms. The van der Waals surface area contributed by atoms with Gasteiger partial charge in [0.1, 0.15) is 0 Å². The largest absolute Gasteiger partial charge is 0.349 e. The zero-order valence-electron chi connectivity index (χ0n) is 15.7. The first-order chi connectivity index (χ1) is 13.5. The highest BCUT2D eigenvalue weighted by Gasteiger charge is 2.24. The zero-order valence-corrected chi connectivity index (χ0v) is 16.5. The van der Waals surface area contributed by atoms with E-state index in [0.29, 0.717) is 28.7 Å². The molecule has 2 N–H and O–H groups in total. The van der Waals surface area contributed by atoms with E-state index in [1.54, 1.807) is 19.2 Å². The maximum Gasteiger partial charge on any atom is 0.326 e. The van der Waals surface area contributed by atoms with Crippen molar-refractivity contribution in [1.82, 2.24) is 19.9 Å². The van der Waals surface area contributed by atoms with Crippen molar-refractivity contribution in [3.63, 3.8) is 0 Å². The summed E-state index contributed by atoms with van der Waals surface area (Å²) in [5.74, 6) is 0.309. The van der Waals surface area contributed by atoms with Crippen molar-refractivity contribution in [2.75, 3.05) is 0 Å². The number of carbonyl (C=O) groups excluding carboxylic acids is 1. The molecule has 1 saturated carbocycles. The van der Waals surface area contributed by atoms with Gasteiger partial charge in [0.05, 0.1) is 27.3 Å². The summed E-state index contributed by atoms with van der Waals surface area (Å²) in [6, 6.07) is 9.57. The highest BCUT2D eigenvalue weighted by molar-refractivity contribution is 6.30. The van der Waals surface area contributed by atoms with Crippen LogP contribution in [0.5, 0.6) is 0 Å². The first kappa shape index (κ1) is 18.7. The summed E-state index contributed by atoms with van der Waals surface area (Å²) in [5.41, 5.74) is 2.97. The number of hydrogen-bond acceptors (Lipinski definition) is 3. The average Bonchev–Trinajstić information content (AvgIpc) is 3.00. The fraction of sp³-hybridized carbons (Fsp3) is 0.381. The number of nitrogens with one attached hydrogen (secondary N) is 2. The molecule has 6 nitrogen and oxygen atoms in total. The van der Waals surface area contributed by atoms with E-state index in [-0.39, 0.29) is 17.6 Å². The Morgan fingerprint density at radius 3 is 2.82 bits per heavy atom. The molecule has 2 heterocycles. The third-order valence-corrected chi connectivity index (χ3v) is 5.81. The fourth-order valence-electron chi connectivity index (χ4n) is 4.04. The molecule has 0 unspecified atom stereocenters. The molecule has 0 saturated heterocycles. The highest BCUT2D eigenvalue weighted by Crippen LogP contribution is 2.27. The lowest BCUT2D eigenvalue weighted by molar-refractivity contribution is 0.0919. The van der Waals surface area contributed by atoms with Crippen LogP contribution in [0.4, 0.5) is 0 Å². The van der Waals surface area contributed by atoms with E-state index < -0.39 is 0 Å². The van der Waals surface area contributed by atoms with Gasteiger partial charge in [0.25, 0.3) is 5.91 Å². The predicted molar refractivity (Wildman–Crippen MR) is 110 cm³/mol. The number of halogens is 1. The van der Waals surface area contributed by atoms with Crippen LogP contribution in [-0.4, -0.2) is 26.5 Å². The number of nitrogens with zero attached hydrogens (tertiary/aromatic N) is 2. The molecular formula is C21H23ClN4O2. The van der Waals surface area contributed by atoms with Gasteiger partial charge >= 0.3 is 5.69 Å². The minimum absolute atomic E-state index is 0.0550. The second kappa shape index (κ2) is 7.80. The van der Waals surface area contributed by atoms with Crippen molar-refractivity contribution in [2.24, 2.45) is 5.92 Å². The van der Waals surface area contributed by atoms with Crippen LogP contribution >= 0.6 is 11.6 Å². The highest BCUT2D eigenvalue weighted by atomic mass is 35.5. The van der Waals surface area contributed by atoms with E-state index in [4.69, 9.17) is 11.6 Å². The number of hydrogen-bond donors (Lipinski definition) is 2. The number of fused-ring (bicyclic) bond motifs is 1. The van der Waals surface area contributed by atoms with Crippen LogP contribution in [0.15, 0.2) is 41.3 Å². The third kappa shape index (κ3) is 3.83. The standard InChI is InChI=1S/C21H23ClN4O2/c1-13-17(10-15(22)11-23-13)20(27)24-16-8-6-14(7-9-16)12-26-19-5-3-2-4-18(19)25-21(26)28/h2-5,10-11,14,16H,6-9,12H2,1H3,(H,24,27)(H,25,28). The number of H-pyrrole nitrogens is 1. The van der Waals surface area contributed by atoms with Crippen molar-refractivity contribution in [3.8, 4) is 0 Å². The molecule has 0 aliphatic heterocycles. The van der Waals surface area contributed by atoms with Gasteiger partial charge in [0.15, 0.2) is 0 Å². The second-order valence-electron chi connectivity index (χ2n) is 7.54. The second-order valence-corrected chi connectivity index (χ2v) is 7.97. The molecule has 1 aliphatic rings. The summed E-state index contributed by atoms with van der Waals surface area (Å²) < 4.78 is 1.83. The molecule has 1 fully saturated rings. The van der Waals surface area contributed by atoms with E-state index in [9.17, 15) is 9.59 Å². The van der Waals surface area contributed by atoms with Gasteiger partial charge in [-0.1, -0.05) is 23.7 Å². The van der Waals surface area contributed by atoms with Gasteiger partial charge in [0.2, 0.25) is 0 Å². The summed E-state index contributed by atoms with van der Waals surface area (Å²) in [7, 11) is 0. The molecule has 3 aromatic rings. The molecule has 1 aliphatic carbocycles. The minimum Gasteiger partial charge on any atom is -0.349 e. The van der Waals surface area contributed by atoms with Gasteiger partial charge in [-0.05, 0) is 56.7 Å². The minimum atomic E-state index is -0.121. The Balaban J connectivity index is 1.37. The molecule has 0 atom stereocenters. The number of aryl methyl sites for hydroxylation is 1. The van der Waals surface area contributed by atoms with Gasteiger partial charge < -0.3 is 10.3 Å². The molecule has 2 aromatic heterocycles. The van der Waals surface area contributed by atoms with Crippen LogP contribution in [0, 0.1) is 12.8 Å². The Hall–Kier alpha value is -2.60. The lowest BCUT2D eigenvalue weighted by atomic mass is 9.85. The van der Waals surface area contributed by atoms with E-state index >= 15 is 0 Å². The first-order valence-electron chi connectivity index (χ1n) is 9.62. The topological polar surface area (TPSA) is 79.8 Å². The molecule has 4 rings (SSSR count). The smallest absolute Gasteiger partial charge is 0.326 e. The summed E-state index contributed by atoms with van der Waals surface area (Å²) in [6.07, 6.45) is 5.31. The van der Waals surface area contributed by atoms with E-state index in [2.05, 4.69) is 15.3 Å². The average molecular weight is 399 g/mol. The van der Waals surface area contributed by atoms with Gasteiger partial charge in [-0.25, -0.2) is 4.79 Å².